The summed E-state index contributed by atoms with van der Waals surface area (Å²) in [5, 5.41) is 0.576. The Labute approximate surface area is 244 Å². The van der Waals surface area contributed by atoms with Crippen LogP contribution in [0.2, 0.25) is 5.02 Å². The van der Waals surface area contributed by atoms with Gasteiger partial charge in [-0.15, -0.1) is 0 Å². The summed E-state index contributed by atoms with van der Waals surface area (Å²) in [7, 11) is -1.48. The first-order valence-corrected chi connectivity index (χ1v) is 16.6. The number of aromatic nitrogens is 1. The van der Waals surface area contributed by atoms with Crippen molar-refractivity contribution >= 4 is 27.5 Å². The molecule has 2 saturated heterocycles. The van der Waals surface area contributed by atoms with Crippen molar-refractivity contribution in [1.82, 2.24) is 23.6 Å². The summed E-state index contributed by atoms with van der Waals surface area (Å²) in [5.41, 5.74) is 3.97. The molecule has 1 atom stereocenters. The highest BCUT2D eigenvalue weighted by molar-refractivity contribution is 7.89. The van der Waals surface area contributed by atoms with Crippen LogP contribution in [0.3, 0.4) is 0 Å². The number of likely N-dealkylation sites (N-methyl/N-ethyl adjacent to an activating group) is 1. The molecule has 0 N–H and O–H groups in total. The number of piperazine rings is 1. The van der Waals surface area contributed by atoms with E-state index in [4.69, 9.17) is 11.6 Å². The third-order valence-corrected chi connectivity index (χ3v) is 11.5. The van der Waals surface area contributed by atoms with Crippen LogP contribution in [0, 0.1) is 13.8 Å². The van der Waals surface area contributed by atoms with Gasteiger partial charge >= 0.3 is 0 Å². The lowest BCUT2D eigenvalue weighted by Crippen LogP contribution is -2.45. The monoisotopic (exact) mass is 589 g/mol. The zero-order valence-corrected chi connectivity index (χ0v) is 25.8. The van der Waals surface area contributed by atoms with Crippen molar-refractivity contribution in [3.8, 4) is 0 Å². The largest absolute Gasteiger partial charge is 0.345 e. The first-order valence-electron chi connectivity index (χ1n) is 14.8. The molecule has 2 fully saturated rings. The van der Waals surface area contributed by atoms with Gasteiger partial charge in [0.25, 0.3) is 0 Å². The Hall–Kier alpha value is -1.91. The normalized spacial score (nSPS) is 21.5. The number of carbonyl (C=O) groups excluding carboxylic acids is 1. The number of carbonyl (C=O) groups is 1. The predicted octanol–water partition coefficient (Wildman–Crippen LogP) is 3.91. The molecule has 0 aliphatic carbocycles. The molecule has 1 unspecified atom stereocenters. The Morgan fingerprint density at radius 2 is 1.75 bits per heavy atom. The molecule has 3 aliphatic rings. The number of halogens is 1. The van der Waals surface area contributed by atoms with Crippen LogP contribution < -0.4 is 0 Å². The second-order valence-electron chi connectivity index (χ2n) is 11.8. The van der Waals surface area contributed by atoms with E-state index in [1.165, 1.54) is 11.4 Å². The molecule has 1 aromatic heterocycles. The molecule has 2 aromatic rings. The number of amides is 1. The van der Waals surface area contributed by atoms with Crippen LogP contribution in [0.25, 0.3) is 0 Å². The maximum atomic E-state index is 13.7. The van der Waals surface area contributed by atoms with Crippen LogP contribution in [0.5, 0.6) is 0 Å². The SMILES string of the molecule is Cc1cc(S(=O)(=O)N2CCCCC2CCC(=O)N2CCn3c(CCN4CCN(C)CC4)ccc3C2)c(C)cc1Cl. The molecule has 40 heavy (non-hydrogen) atoms. The number of hydrogen-bond acceptors (Lipinski definition) is 5. The number of piperidine rings is 1. The minimum Gasteiger partial charge on any atom is -0.345 e. The van der Waals surface area contributed by atoms with Crippen molar-refractivity contribution in [3.05, 3.63) is 51.8 Å². The molecule has 4 heterocycles. The summed E-state index contributed by atoms with van der Waals surface area (Å²) in [6.07, 6.45) is 4.57. The van der Waals surface area contributed by atoms with Gasteiger partial charge in [-0.05, 0) is 75.5 Å². The Balaban J connectivity index is 1.17. The van der Waals surface area contributed by atoms with Crippen LogP contribution in [0.4, 0.5) is 0 Å². The van der Waals surface area contributed by atoms with E-state index in [1.807, 2.05) is 11.8 Å². The minimum atomic E-state index is -3.67. The number of benzene rings is 1. The zero-order valence-electron chi connectivity index (χ0n) is 24.2. The Kier molecular flexibility index (Phi) is 9.27. The minimum absolute atomic E-state index is 0.118. The molecule has 5 rings (SSSR count). The molecule has 1 amide bonds. The summed E-state index contributed by atoms with van der Waals surface area (Å²) < 4.78 is 31.5. The highest BCUT2D eigenvalue weighted by atomic mass is 35.5. The van der Waals surface area contributed by atoms with Gasteiger partial charge in [0.1, 0.15) is 0 Å². The maximum absolute atomic E-state index is 13.7. The van der Waals surface area contributed by atoms with Crippen LogP contribution in [-0.2, 0) is 34.3 Å². The van der Waals surface area contributed by atoms with E-state index in [9.17, 15) is 13.2 Å². The molecule has 0 bridgehead atoms. The van der Waals surface area contributed by atoms with Crippen molar-refractivity contribution in [2.45, 2.75) is 76.4 Å². The zero-order chi connectivity index (χ0) is 28.4. The molecule has 1 aromatic carbocycles. The van der Waals surface area contributed by atoms with Gasteiger partial charge in [0.15, 0.2) is 0 Å². The predicted molar refractivity (Wildman–Crippen MR) is 159 cm³/mol. The molecule has 0 spiro atoms. The van der Waals surface area contributed by atoms with Crippen molar-refractivity contribution in [1.29, 1.82) is 0 Å². The smallest absolute Gasteiger partial charge is 0.243 e. The van der Waals surface area contributed by atoms with E-state index >= 15 is 0 Å². The standard InChI is InChI=1S/C30H44ClN5O3S/c1-23-21-29(24(2)20-28(23)31)40(38,39)36-12-5-4-6-26(36)9-10-30(37)34-18-19-35-25(7-8-27(35)22-34)11-13-33-16-14-32(3)15-17-33/h7-8,20-21,26H,4-6,9-19,22H2,1-3H3. The van der Waals surface area contributed by atoms with Crippen molar-refractivity contribution in [3.63, 3.8) is 0 Å². The van der Waals surface area contributed by atoms with Gasteiger partial charge in [-0.1, -0.05) is 18.0 Å². The lowest BCUT2D eigenvalue weighted by atomic mass is 10.00. The second-order valence-corrected chi connectivity index (χ2v) is 14.1. The number of hydrogen-bond donors (Lipinski definition) is 0. The van der Waals surface area contributed by atoms with Crippen LogP contribution >= 0.6 is 11.6 Å². The molecule has 8 nitrogen and oxygen atoms in total. The maximum Gasteiger partial charge on any atom is 0.243 e. The van der Waals surface area contributed by atoms with E-state index in [0.717, 1.165) is 70.5 Å². The average Bonchev–Trinajstić information content (AvgIpc) is 3.35. The van der Waals surface area contributed by atoms with Crippen molar-refractivity contribution in [2.24, 2.45) is 0 Å². The summed E-state index contributed by atoms with van der Waals surface area (Å²) >= 11 is 6.24. The van der Waals surface area contributed by atoms with Gasteiger partial charge in [-0.2, -0.15) is 4.31 Å². The molecule has 0 saturated carbocycles. The number of rotatable bonds is 8. The first-order chi connectivity index (χ1) is 19.1. The fourth-order valence-corrected chi connectivity index (χ4v) is 8.67. The fourth-order valence-electron chi connectivity index (χ4n) is 6.44. The average molecular weight is 590 g/mol. The van der Waals surface area contributed by atoms with E-state index in [0.29, 0.717) is 48.0 Å². The van der Waals surface area contributed by atoms with Gasteiger partial charge in [-0.3, -0.25) is 4.79 Å². The summed E-state index contributed by atoms with van der Waals surface area (Å²) in [5.74, 6) is 0.118. The number of sulfonamides is 1. The van der Waals surface area contributed by atoms with E-state index in [-0.39, 0.29) is 11.9 Å². The Morgan fingerprint density at radius 1 is 0.975 bits per heavy atom. The summed E-state index contributed by atoms with van der Waals surface area (Å²) in [6, 6.07) is 7.66. The van der Waals surface area contributed by atoms with Crippen LogP contribution in [0.1, 0.15) is 54.6 Å². The molecular weight excluding hydrogens is 546 g/mol. The van der Waals surface area contributed by atoms with Crippen molar-refractivity contribution < 1.29 is 13.2 Å². The third kappa shape index (κ3) is 6.44. The molecule has 220 valence electrons. The summed E-state index contributed by atoms with van der Waals surface area (Å²) in [4.78, 5) is 20.5. The van der Waals surface area contributed by atoms with Gasteiger partial charge < -0.3 is 19.3 Å². The lowest BCUT2D eigenvalue weighted by molar-refractivity contribution is -0.133. The molecule has 0 radical (unpaired) electrons. The van der Waals surface area contributed by atoms with E-state index in [2.05, 4.69) is 33.5 Å². The van der Waals surface area contributed by atoms with Gasteiger partial charge in [0.05, 0.1) is 11.4 Å². The number of nitrogens with zero attached hydrogens (tertiary/aromatic N) is 5. The Bertz CT molecular complexity index is 1320. The highest BCUT2D eigenvalue weighted by Gasteiger charge is 2.35. The van der Waals surface area contributed by atoms with Crippen molar-refractivity contribution in [2.75, 3.05) is 52.9 Å². The molecule has 3 aliphatic heterocycles. The number of fused-ring (bicyclic) bond motifs is 1. The van der Waals surface area contributed by atoms with Gasteiger partial charge in [0.2, 0.25) is 15.9 Å². The quantitative estimate of drug-likeness (QED) is 0.467. The van der Waals surface area contributed by atoms with Crippen LogP contribution in [-0.4, -0.2) is 96.8 Å². The van der Waals surface area contributed by atoms with Gasteiger partial charge in [0, 0.05) is 87.7 Å². The van der Waals surface area contributed by atoms with Crippen LogP contribution in [0.15, 0.2) is 29.2 Å². The second kappa shape index (κ2) is 12.5. The van der Waals surface area contributed by atoms with Gasteiger partial charge in [-0.25, -0.2) is 8.42 Å². The first kappa shape index (κ1) is 29.6. The third-order valence-electron chi connectivity index (χ3n) is 9.05. The highest BCUT2D eigenvalue weighted by Crippen LogP contribution is 2.32. The Morgan fingerprint density at radius 3 is 2.52 bits per heavy atom. The lowest BCUT2D eigenvalue weighted by Gasteiger charge is -2.36. The van der Waals surface area contributed by atoms with E-state index < -0.39 is 10.0 Å². The topological polar surface area (TPSA) is 69.1 Å². The molecular formula is C30H44ClN5O3S. The summed E-state index contributed by atoms with van der Waals surface area (Å²) in [6.45, 7) is 11.9. The fraction of sp³-hybridized carbons (Fsp3) is 0.633. The number of aryl methyl sites for hydroxylation is 2. The molecule has 10 heteroatoms. The van der Waals surface area contributed by atoms with E-state index in [1.54, 1.807) is 23.4 Å².